The van der Waals surface area contributed by atoms with E-state index in [2.05, 4.69) is 4.98 Å². The van der Waals surface area contributed by atoms with Crippen LogP contribution in [0.25, 0.3) is 27.7 Å². The molecule has 3 N–H and O–H groups in total. The van der Waals surface area contributed by atoms with Crippen molar-refractivity contribution in [1.29, 1.82) is 0 Å². The number of rotatable bonds is 3. The Bertz CT molecular complexity index is 1700. The predicted octanol–water partition coefficient (Wildman–Crippen LogP) is 4.90. The number of aromatic nitrogens is 3. The molecule has 0 fully saturated rings. The third kappa shape index (κ3) is 3.47. The summed E-state index contributed by atoms with van der Waals surface area (Å²) in [5.74, 6) is -2.96. The highest BCUT2D eigenvalue weighted by molar-refractivity contribution is 6.09. The molecule has 0 aliphatic rings. The highest BCUT2D eigenvalue weighted by Crippen LogP contribution is 2.40. The number of ketones is 1. The molecule has 0 atom stereocenters. The van der Waals surface area contributed by atoms with E-state index in [4.69, 9.17) is 5.73 Å². The number of nitrogens with zero attached hydrogens (tertiary/aromatic N) is 2. The number of halogens is 5. The second-order valence-electron chi connectivity index (χ2n) is 7.98. The van der Waals surface area contributed by atoms with Crippen molar-refractivity contribution in [3.63, 3.8) is 0 Å². The smallest absolute Gasteiger partial charge is 0.394 e. The lowest BCUT2D eigenvalue weighted by Crippen LogP contribution is -2.12. The van der Waals surface area contributed by atoms with Crippen LogP contribution in [0.2, 0.25) is 0 Å². The van der Waals surface area contributed by atoms with E-state index in [0.29, 0.717) is 0 Å². The van der Waals surface area contributed by atoms with Crippen molar-refractivity contribution in [2.75, 3.05) is 5.73 Å². The maximum Gasteiger partial charge on any atom is 0.417 e. The summed E-state index contributed by atoms with van der Waals surface area (Å²) in [5.41, 5.74) is 3.14. The van der Waals surface area contributed by atoms with Gasteiger partial charge in [0, 0.05) is 24.4 Å². The average molecular weight is 486 g/mol. The Morgan fingerprint density at radius 1 is 0.971 bits per heavy atom. The fourth-order valence-electron chi connectivity index (χ4n) is 4.15. The highest BCUT2D eigenvalue weighted by Gasteiger charge is 2.35. The SMILES string of the molecule is Cn1c(=O)[nH]c2cc(-c3cccn4c(C(=O)c5cc(F)c(N)c(F)c5)ccc34)c(C(F)(F)F)cc21. The van der Waals surface area contributed by atoms with E-state index in [0.717, 1.165) is 22.8 Å². The molecule has 0 aliphatic carbocycles. The summed E-state index contributed by atoms with van der Waals surface area (Å²) in [6.07, 6.45) is -3.29. The number of alkyl halides is 3. The van der Waals surface area contributed by atoms with E-state index in [1.807, 2.05) is 0 Å². The largest absolute Gasteiger partial charge is 0.417 e. The van der Waals surface area contributed by atoms with Crippen molar-refractivity contribution in [1.82, 2.24) is 14.0 Å². The van der Waals surface area contributed by atoms with E-state index < -0.39 is 40.5 Å². The Hall–Kier alpha value is -4.41. The number of nitrogens with one attached hydrogen (secondary N) is 1. The number of H-pyrrole nitrogens is 1. The van der Waals surface area contributed by atoms with Crippen LogP contribution in [0.1, 0.15) is 21.6 Å². The van der Waals surface area contributed by atoms with Crippen molar-refractivity contribution in [3.05, 3.63) is 93.7 Å². The quantitative estimate of drug-likeness (QED) is 0.216. The van der Waals surface area contributed by atoms with Gasteiger partial charge in [-0.3, -0.25) is 9.36 Å². The zero-order valence-electron chi connectivity index (χ0n) is 17.9. The molecular weight excluding hydrogens is 471 g/mol. The van der Waals surface area contributed by atoms with Crippen LogP contribution in [0.15, 0.2) is 59.5 Å². The van der Waals surface area contributed by atoms with Crippen LogP contribution in [0.5, 0.6) is 0 Å². The summed E-state index contributed by atoms with van der Waals surface area (Å²) in [6, 6.07) is 9.39. The molecule has 3 aromatic heterocycles. The number of aromatic amines is 1. The molecule has 0 unspecified atom stereocenters. The maximum atomic E-state index is 14.0. The normalized spacial score (nSPS) is 12.1. The summed E-state index contributed by atoms with van der Waals surface area (Å²) in [6.45, 7) is 0. The van der Waals surface area contributed by atoms with Gasteiger partial charge in [0.15, 0.2) is 0 Å². The molecule has 178 valence electrons. The fourth-order valence-corrected chi connectivity index (χ4v) is 4.15. The van der Waals surface area contributed by atoms with Gasteiger partial charge in [0.2, 0.25) is 5.78 Å². The van der Waals surface area contributed by atoms with E-state index in [1.165, 1.54) is 48.0 Å². The van der Waals surface area contributed by atoms with Gasteiger partial charge in [0.25, 0.3) is 0 Å². The zero-order valence-corrected chi connectivity index (χ0v) is 17.9. The van der Waals surface area contributed by atoms with Gasteiger partial charge >= 0.3 is 11.9 Å². The van der Waals surface area contributed by atoms with Crippen LogP contribution >= 0.6 is 0 Å². The minimum Gasteiger partial charge on any atom is -0.394 e. The predicted molar refractivity (Wildman–Crippen MR) is 119 cm³/mol. The molecule has 0 spiro atoms. The number of anilines is 1. The molecule has 5 aromatic rings. The molecule has 2 aromatic carbocycles. The lowest BCUT2D eigenvalue weighted by Gasteiger charge is -2.15. The van der Waals surface area contributed by atoms with Crippen LogP contribution in [0, 0.1) is 11.6 Å². The molecule has 5 rings (SSSR count). The third-order valence-electron chi connectivity index (χ3n) is 5.91. The fraction of sp³-hybridized carbons (Fsp3) is 0.0833. The van der Waals surface area contributed by atoms with Crippen molar-refractivity contribution in [2.24, 2.45) is 7.05 Å². The lowest BCUT2D eigenvalue weighted by molar-refractivity contribution is -0.137. The first kappa shape index (κ1) is 22.4. The summed E-state index contributed by atoms with van der Waals surface area (Å²) in [4.78, 5) is 27.5. The molecule has 0 bridgehead atoms. The van der Waals surface area contributed by atoms with Gasteiger partial charge < -0.3 is 15.1 Å². The summed E-state index contributed by atoms with van der Waals surface area (Å²) in [5, 5.41) is 0. The van der Waals surface area contributed by atoms with Crippen molar-refractivity contribution < 1.29 is 26.7 Å². The van der Waals surface area contributed by atoms with Crippen LogP contribution in [-0.2, 0) is 13.2 Å². The van der Waals surface area contributed by atoms with Gasteiger partial charge in [-0.05, 0) is 48.0 Å². The summed E-state index contributed by atoms with van der Waals surface area (Å²) in [7, 11) is 1.36. The molecule has 6 nitrogen and oxygen atoms in total. The van der Waals surface area contributed by atoms with E-state index >= 15 is 0 Å². The van der Waals surface area contributed by atoms with E-state index in [1.54, 1.807) is 0 Å². The number of carbonyl (C=O) groups is 1. The number of benzene rings is 2. The average Bonchev–Trinajstić information content (AvgIpc) is 3.35. The number of pyridine rings is 1. The molecule has 0 amide bonds. The van der Waals surface area contributed by atoms with Gasteiger partial charge in [0.1, 0.15) is 17.3 Å². The Kier molecular flexibility index (Phi) is 4.83. The topological polar surface area (TPSA) is 85.3 Å². The second kappa shape index (κ2) is 7.55. The minimum absolute atomic E-state index is 0.0202. The van der Waals surface area contributed by atoms with Crippen LogP contribution in [-0.4, -0.2) is 19.7 Å². The first-order valence-electron chi connectivity index (χ1n) is 10.2. The zero-order chi connectivity index (χ0) is 25.2. The number of hydrogen-bond donors (Lipinski definition) is 2. The number of nitrogens with two attached hydrogens (primary N) is 1. The maximum absolute atomic E-state index is 14.0. The third-order valence-corrected chi connectivity index (χ3v) is 5.91. The van der Waals surface area contributed by atoms with Crippen molar-refractivity contribution in [2.45, 2.75) is 6.18 Å². The molecule has 0 radical (unpaired) electrons. The first-order valence-corrected chi connectivity index (χ1v) is 10.2. The highest BCUT2D eigenvalue weighted by atomic mass is 19.4. The van der Waals surface area contributed by atoms with Gasteiger partial charge in [0.05, 0.1) is 27.8 Å². The number of carbonyl (C=O) groups excluding carboxylic acids is 1. The molecule has 3 heterocycles. The van der Waals surface area contributed by atoms with E-state index in [-0.39, 0.29) is 38.9 Å². The molecular formula is C24H15F5N4O2. The van der Waals surface area contributed by atoms with E-state index in [9.17, 15) is 31.5 Å². The minimum atomic E-state index is -4.74. The standard InChI is InChI=1S/C24H15F5N4O2/c1-32-20-10-14(24(27,28)29)13(9-17(20)31-23(32)35)12-3-2-6-33-18(12)4-5-19(33)22(34)11-7-15(25)21(30)16(26)8-11/h2-10H,30H2,1H3,(H,31,35). The molecule has 0 saturated heterocycles. The van der Waals surface area contributed by atoms with Gasteiger partial charge in [-0.1, -0.05) is 6.07 Å². The van der Waals surface area contributed by atoms with Crippen molar-refractivity contribution >= 4 is 28.0 Å². The van der Waals surface area contributed by atoms with Gasteiger partial charge in [-0.2, -0.15) is 13.2 Å². The molecule has 0 aliphatic heterocycles. The molecule has 11 heteroatoms. The second-order valence-corrected chi connectivity index (χ2v) is 7.98. The Balaban J connectivity index is 1.73. The number of imidazole rings is 1. The Morgan fingerprint density at radius 3 is 2.31 bits per heavy atom. The number of aryl methyl sites for hydroxylation is 1. The number of hydrogen-bond acceptors (Lipinski definition) is 3. The number of fused-ring (bicyclic) bond motifs is 2. The number of nitrogen functional groups attached to an aromatic ring is 1. The van der Waals surface area contributed by atoms with Crippen molar-refractivity contribution in [3.8, 4) is 11.1 Å². The summed E-state index contributed by atoms with van der Waals surface area (Å²) < 4.78 is 72.3. The molecule has 35 heavy (non-hydrogen) atoms. The Labute approximate surface area is 193 Å². The monoisotopic (exact) mass is 486 g/mol. The lowest BCUT2D eigenvalue weighted by atomic mass is 9.98. The van der Waals surface area contributed by atoms with Crippen LogP contribution in [0.4, 0.5) is 27.6 Å². The van der Waals surface area contributed by atoms with Crippen LogP contribution in [0.3, 0.4) is 0 Å². The van der Waals surface area contributed by atoms with Gasteiger partial charge in [-0.15, -0.1) is 0 Å². The first-order chi connectivity index (χ1) is 16.5. The Morgan fingerprint density at radius 2 is 1.66 bits per heavy atom. The van der Waals surface area contributed by atoms with Gasteiger partial charge in [-0.25, -0.2) is 13.6 Å². The van der Waals surface area contributed by atoms with Crippen LogP contribution < -0.4 is 11.4 Å². The molecule has 0 saturated carbocycles. The summed E-state index contributed by atoms with van der Waals surface area (Å²) >= 11 is 0.